The maximum atomic E-state index is 11.0. The minimum atomic E-state index is -0.0909. The van der Waals surface area contributed by atoms with Crippen molar-refractivity contribution < 1.29 is 9.53 Å². The number of allylic oxidation sites excluding steroid dienone is 1. The van der Waals surface area contributed by atoms with Crippen LogP contribution in [-0.2, 0) is 11.4 Å². The molecule has 2 unspecified atom stereocenters. The van der Waals surface area contributed by atoms with Crippen LogP contribution in [0.3, 0.4) is 0 Å². The quantitative estimate of drug-likeness (QED) is 0.556. The van der Waals surface area contributed by atoms with Gasteiger partial charge in [0.2, 0.25) is 0 Å². The monoisotopic (exact) mass is 280 g/mol. The highest BCUT2D eigenvalue weighted by molar-refractivity contribution is 5.56. The molecule has 0 bridgehead atoms. The van der Waals surface area contributed by atoms with Crippen molar-refractivity contribution in [2.75, 3.05) is 0 Å². The van der Waals surface area contributed by atoms with Crippen LogP contribution in [0.15, 0.2) is 67.3 Å². The molecule has 2 rings (SSSR count). The molecule has 0 saturated heterocycles. The van der Waals surface area contributed by atoms with E-state index in [1.54, 1.807) is 0 Å². The first kappa shape index (κ1) is 15.0. The van der Waals surface area contributed by atoms with Crippen LogP contribution in [0.25, 0.3) is 0 Å². The topological polar surface area (TPSA) is 26.3 Å². The average Bonchev–Trinajstić information content (AvgIpc) is 2.55. The van der Waals surface area contributed by atoms with Gasteiger partial charge in [0, 0.05) is 11.8 Å². The fraction of sp³-hybridized carbons (Fsp3) is 0.211. The zero-order valence-corrected chi connectivity index (χ0v) is 12.2. The van der Waals surface area contributed by atoms with Crippen molar-refractivity contribution in [1.29, 1.82) is 0 Å². The lowest BCUT2D eigenvalue weighted by Gasteiger charge is -2.17. The molecule has 2 nitrogen and oxygen atoms in total. The predicted molar refractivity (Wildman–Crippen MR) is 85.4 cm³/mol. The van der Waals surface area contributed by atoms with E-state index in [9.17, 15) is 4.79 Å². The Morgan fingerprint density at radius 2 is 1.90 bits per heavy atom. The van der Waals surface area contributed by atoms with Crippen LogP contribution in [0, 0.1) is 5.92 Å². The summed E-state index contributed by atoms with van der Waals surface area (Å²) in [5.74, 6) is 0.732. The Labute approximate surface area is 126 Å². The van der Waals surface area contributed by atoms with Gasteiger partial charge in [0.05, 0.1) is 0 Å². The molecular weight excluding hydrogens is 260 g/mol. The highest BCUT2D eigenvalue weighted by Crippen LogP contribution is 2.27. The fourth-order valence-electron chi connectivity index (χ4n) is 2.29. The number of hydrogen-bond acceptors (Lipinski definition) is 2. The average molecular weight is 280 g/mol. The first-order valence-corrected chi connectivity index (χ1v) is 7.09. The normalized spacial score (nSPS) is 13.2. The highest BCUT2D eigenvalue weighted by atomic mass is 16.5. The van der Waals surface area contributed by atoms with Crippen molar-refractivity contribution in [3.63, 3.8) is 0 Å². The first-order chi connectivity index (χ1) is 10.2. The molecule has 2 aromatic carbocycles. The molecule has 21 heavy (non-hydrogen) atoms. The van der Waals surface area contributed by atoms with Gasteiger partial charge in [0.1, 0.15) is 18.6 Å². The SMILES string of the molecule is C=CC(c1cccc(OCc2ccccc2)c1)C(C)C=O. The summed E-state index contributed by atoms with van der Waals surface area (Å²) in [6, 6.07) is 17.9. The van der Waals surface area contributed by atoms with Gasteiger partial charge in [-0.1, -0.05) is 55.5 Å². The Morgan fingerprint density at radius 3 is 2.57 bits per heavy atom. The molecule has 0 saturated carbocycles. The predicted octanol–water partition coefficient (Wildman–Crippen LogP) is 4.37. The maximum absolute atomic E-state index is 11.0. The summed E-state index contributed by atoms with van der Waals surface area (Å²) in [5, 5.41) is 0. The molecule has 0 aliphatic carbocycles. The van der Waals surface area contributed by atoms with Crippen LogP contribution in [0.1, 0.15) is 24.0 Å². The van der Waals surface area contributed by atoms with E-state index in [0.717, 1.165) is 23.2 Å². The van der Waals surface area contributed by atoms with Crippen LogP contribution in [0.5, 0.6) is 5.75 Å². The number of benzene rings is 2. The first-order valence-electron chi connectivity index (χ1n) is 7.09. The lowest BCUT2D eigenvalue weighted by molar-refractivity contribution is -0.110. The molecule has 0 amide bonds. The largest absolute Gasteiger partial charge is 0.489 e. The van der Waals surface area contributed by atoms with Gasteiger partial charge in [-0.25, -0.2) is 0 Å². The zero-order valence-electron chi connectivity index (χ0n) is 12.2. The van der Waals surface area contributed by atoms with Gasteiger partial charge in [-0.05, 0) is 23.3 Å². The van der Waals surface area contributed by atoms with E-state index in [-0.39, 0.29) is 11.8 Å². The number of rotatable bonds is 7. The molecular formula is C19H20O2. The van der Waals surface area contributed by atoms with E-state index in [4.69, 9.17) is 4.74 Å². The molecule has 0 fully saturated rings. The standard InChI is InChI=1S/C19H20O2/c1-3-19(15(2)13-20)17-10-7-11-18(12-17)21-14-16-8-5-4-6-9-16/h3-13,15,19H,1,14H2,2H3. The van der Waals surface area contributed by atoms with Crippen LogP contribution in [0.4, 0.5) is 0 Å². The molecule has 2 aromatic rings. The molecule has 0 N–H and O–H groups in total. The van der Waals surface area contributed by atoms with Crippen molar-refractivity contribution in [3.05, 3.63) is 78.4 Å². The molecule has 0 aromatic heterocycles. The smallest absolute Gasteiger partial charge is 0.123 e. The fourth-order valence-corrected chi connectivity index (χ4v) is 2.29. The van der Waals surface area contributed by atoms with Crippen LogP contribution >= 0.6 is 0 Å². The molecule has 108 valence electrons. The van der Waals surface area contributed by atoms with Crippen molar-refractivity contribution in [2.24, 2.45) is 5.92 Å². The second-order valence-electron chi connectivity index (χ2n) is 5.10. The molecule has 0 aliphatic heterocycles. The van der Waals surface area contributed by atoms with Gasteiger partial charge in [0.15, 0.2) is 0 Å². The van der Waals surface area contributed by atoms with E-state index >= 15 is 0 Å². The van der Waals surface area contributed by atoms with Gasteiger partial charge in [-0.3, -0.25) is 0 Å². The number of carbonyl (C=O) groups excluding carboxylic acids is 1. The Balaban J connectivity index is 2.10. The molecule has 2 heteroatoms. The Bertz CT molecular complexity index is 590. The van der Waals surface area contributed by atoms with E-state index in [1.807, 2.05) is 67.6 Å². The number of ether oxygens (including phenoxy) is 1. The van der Waals surface area contributed by atoms with Crippen molar-refractivity contribution >= 4 is 6.29 Å². The molecule has 0 spiro atoms. The lowest BCUT2D eigenvalue weighted by atomic mass is 9.88. The molecule has 0 radical (unpaired) electrons. The van der Waals surface area contributed by atoms with Crippen LogP contribution < -0.4 is 4.74 Å². The second-order valence-corrected chi connectivity index (χ2v) is 5.10. The van der Waals surface area contributed by atoms with E-state index in [0.29, 0.717) is 6.61 Å². The lowest BCUT2D eigenvalue weighted by Crippen LogP contribution is -2.08. The molecule has 0 heterocycles. The minimum Gasteiger partial charge on any atom is -0.489 e. The maximum Gasteiger partial charge on any atom is 0.123 e. The highest BCUT2D eigenvalue weighted by Gasteiger charge is 2.15. The van der Waals surface area contributed by atoms with Crippen molar-refractivity contribution in [3.8, 4) is 5.75 Å². The van der Waals surface area contributed by atoms with Gasteiger partial charge >= 0.3 is 0 Å². The van der Waals surface area contributed by atoms with Gasteiger partial charge in [-0.2, -0.15) is 0 Å². The summed E-state index contributed by atoms with van der Waals surface area (Å²) in [4.78, 5) is 11.0. The third kappa shape index (κ3) is 4.06. The van der Waals surface area contributed by atoms with Crippen LogP contribution in [0.2, 0.25) is 0 Å². The van der Waals surface area contributed by atoms with Gasteiger partial charge in [-0.15, -0.1) is 6.58 Å². The van der Waals surface area contributed by atoms with Crippen molar-refractivity contribution in [1.82, 2.24) is 0 Å². The number of carbonyl (C=O) groups is 1. The third-order valence-corrected chi connectivity index (χ3v) is 3.53. The van der Waals surface area contributed by atoms with E-state index in [2.05, 4.69) is 6.58 Å². The summed E-state index contributed by atoms with van der Waals surface area (Å²) < 4.78 is 5.82. The molecule has 2 atom stereocenters. The summed E-state index contributed by atoms with van der Waals surface area (Å²) in [7, 11) is 0. The van der Waals surface area contributed by atoms with Crippen molar-refractivity contribution in [2.45, 2.75) is 19.4 Å². The Hall–Kier alpha value is -2.35. The van der Waals surface area contributed by atoms with Gasteiger partial charge < -0.3 is 9.53 Å². The summed E-state index contributed by atoms with van der Waals surface area (Å²) in [6.45, 7) is 6.26. The van der Waals surface area contributed by atoms with Crippen LogP contribution in [-0.4, -0.2) is 6.29 Å². The Kier molecular flexibility index (Phi) is 5.33. The van der Waals surface area contributed by atoms with E-state index in [1.165, 1.54) is 0 Å². The molecule has 0 aliphatic rings. The summed E-state index contributed by atoms with van der Waals surface area (Å²) >= 11 is 0. The second kappa shape index (κ2) is 7.44. The number of hydrogen-bond donors (Lipinski definition) is 0. The van der Waals surface area contributed by atoms with Gasteiger partial charge in [0.25, 0.3) is 0 Å². The number of aldehydes is 1. The zero-order chi connectivity index (χ0) is 15.1. The third-order valence-electron chi connectivity index (χ3n) is 3.53. The summed E-state index contributed by atoms with van der Waals surface area (Å²) in [5.41, 5.74) is 2.18. The summed E-state index contributed by atoms with van der Waals surface area (Å²) in [6.07, 6.45) is 2.78. The Morgan fingerprint density at radius 1 is 1.14 bits per heavy atom. The van der Waals surface area contributed by atoms with E-state index < -0.39 is 0 Å². The minimum absolute atomic E-state index is 0.0165.